The van der Waals surface area contributed by atoms with Gasteiger partial charge in [0.1, 0.15) is 11.9 Å². The Kier molecular flexibility index (Phi) is 4.25. The second-order valence-corrected chi connectivity index (χ2v) is 6.15. The highest BCUT2D eigenvalue weighted by Gasteiger charge is 2.22. The number of carbonyl (C=O) groups is 1. The summed E-state index contributed by atoms with van der Waals surface area (Å²) in [5, 5.41) is 3.35. The summed E-state index contributed by atoms with van der Waals surface area (Å²) in [6, 6.07) is 12.2. The van der Waals surface area contributed by atoms with E-state index < -0.39 is 6.04 Å². The number of hydrogen-bond acceptors (Lipinski definition) is 3. The van der Waals surface area contributed by atoms with E-state index in [0.29, 0.717) is 17.5 Å². The van der Waals surface area contributed by atoms with Gasteiger partial charge in [0.25, 0.3) is 5.56 Å². The van der Waals surface area contributed by atoms with Gasteiger partial charge in [0.15, 0.2) is 0 Å². The van der Waals surface area contributed by atoms with E-state index in [2.05, 4.69) is 5.32 Å². The van der Waals surface area contributed by atoms with E-state index in [4.69, 9.17) is 0 Å². The molecule has 0 bridgehead atoms. The van der Waals surface area contributed by atoms with Crippen molar-refractivity contribution in [3.05, 3.63) is 64.7 Å². The molecule has 0 fully saturated rings. The second-order valence-electron chi connectivity index (χ2n) is 5.14. The zero-order valence-electron chi connectivity index (χ0n) is 12.5. The number of benzene rings is 2. The van der Waals surface area contributed by atoms with Crippen LogP contribution in [0.3, 0.4) is 0 Å². The Balaban J connectivity index is 1.91. The number of nitrogens with one attached hydrogen (secondary N) is 1. The molecule has 1 amide bonds. The Morgan fingerprint density at radius 3 is 2.57 bits per heavy atom. The smallest absolute Gasteiger partial charge is 0.269 e. The fourth-order valence-corrected chi connectivity index (χ4v) is 3.57. The van der Waals surface area contributed by atoms with Gasteiger partial charge in [-0.3, -0.25) is 13.5 Å². The van der Waals surface area contributed by atoms with Crippen LogP contribution in [0.5, 0.6) is 0 Å². The minimum Gasteiger partial charge on any atom is -0.324 e. The lowest BCUT2D eigenvalue weighted by molar-refractivity contribution is -0.119. The number of rotatable bonds is 4. The van der Waals surface area contributed by atoms with Gasteiger partial charge in [0, 0.05) is 5.69 Å². The molecule has 0 saturated carbocycles. The van der Waals surface area contributed by atoms with Crippen LogP contribution >= 0.6 is 11.5 Å². The Hall–Kier alpha value is -2.47. The molecule has 23 heavy (non-hydrogen) atoms. The molecule has 1 aromatic heterocycles. The van der Waals surface area contributed by atoms with Crippen LogP contribution in [0.4, 0.5) is 10.1 Å². The number of fused-ring (bicyclic) bond motifs is 1. The molecule has 1 N–H and O–H groups in total. The highest BCUT2D eigenvalue weighted by Crippen LogP contribution is 2.22. The van der Waals surface area contributed by atoms with Crippen LogP contribution in [0.1, 0.15) is 19.4 Å². The zero-order valence-corrected chi connectivity index (χ0v) is 13.3. The van der Waals surface area contributed by atoms with Crippen molar-refractivity contribution in [1.29, 1.82) is 0 Å². The van der Waals surface area contributed by atoms with E-state index in [1.165, 1.54) is 39.8 Å². The molecular formula is C17H15FN2O2S. The van der Waals surface area contributed by atoms with Gasteiger partial charge in [0.2, 0.25) is 5.91 Å². The summed E-state index contributed by atoms with van der Waals surface area (Å²) in [5.41, 5.74) is 0.343. The first-order chi connectivity index (χ1) is 11.1. The monoisotopic (exact) mass is 330 g/mol. The van der Waals surface area contributed by atoms with Crippen molar-refractivity contribution in [2.24, 2.45) is 0 Å². The minimum absolute atomic E-state index is 0.160. The van der Waals surface area contributed by atoms with E-state index in [1.54, 1.807) is 12.1 Å². The summed E-state index contributed by atoms with van der Waals surface area (Å²) in [7, 11) is 0. The SMILES string of the molecule is CC[C@@H](C(=O)Nc1ccc(F)cc1)n1sc2ccccc2c1=O. The minimum atomic E-state index is -0.593. The zero-order chi connectivity index (χ0) is 16.4. The fourth-order valence-electron chi connectivity index (χ4n) is 2.41. The quantitative estimate of drug-likeness (QED) is 0.791. The molecule has 6 heteroatoms. The van der Waals surface area contributed by atoms with Crippen LogP contribution in [-0.2, 0) is 4.79 Å². The van der Waals surface area contributed by atoms with Crippen LogP contribution < -0.4 is 10.9 Å². The summed E-state index contributed by atoms with van der Waals surface area (Å²) in [6.07, 6.45) is 0.486. The third kappa shape index (κ3) is 3.03. The summed E-state index contributed by atoms with van der Waals surface area (Å²) in [4.78, 5) is 25.0. The first kappa shape index (κ1) is 15.4. The molecule has 2 aromatic carbocycles. The molecule has 3 rings (SSSR count). The fraction of sp³-hybridized carbons (Fsp3) is 0.176. The van der Waals surface area contributed by atoms with Crippen molar-refractivity contribution >= 4 is 33.2 Å². The number of hydrogen-bond donors (Lipinski definition) is 1. The van der Waals surface area contributed by atoms with E-state index in [0.717, 1.165) is 4.70 Å². The van der Waals surface area contributed by atoms with Crippen LogP contribution in [-0.4, -0.2) is 9.86 Å². The van der Waals surface area contributed by atoms with Crippen LogP contribution in [0.15, 0.2) is 53.3 Å². The molecule has 0 unspecified atom stereocenters. The van der Waals surface area contributed by atoms with Gasteiger partial charge in [-0.15, -0.1) is 0 Å². The van der Waals surface area contributed by atoms with Gasteiger partial charge in [0.05, 0.1) is 10.1 Å². The van der Waals surface area contributed by atoms with Crippen molar-refractivity contribution < 1.29 is 9.18 Å². The summed E-state index contributed by atoms with van der Waals surface area (Å²) >= 11 is 1.28. The normalized spacial score (nSPS) is 12.3. The molecule has 0 saturated heterocycles. The maximum atomic E-state index is 12.9. The van der Waals surface area contributed by atoms with Gasteiger partial charge < -0.3 is 5.32 Å². The van der Waals surface area contributed by atoms with Crippen molar-refractivity contribution in [3.8, 4) is 0 Å². The second kappa shape index (κ2) is 6.34. The lowest BCUT2D eigenvalue weighted by Gasteiger charge is -2.15. The van der Waals surface area contributed by atoms with Crippen molar-refractivity contribution in [2.75, 3.05) is 5.32 Å². The predicted octanol–water partition coefficient (Wildman–Crippen LogP) is 3.79. The van der Waals surface area contributed by atoms with Crippen molar-refractivity contribution in [3.63, 3.8) is 0 Å². The lowest BCUT2D eigenvalue weighted by atomic mass is 10.2. The van der Waals surface area contributed by atoms with Gasteiger partial charge in [-0.05, 0) is 42.8 Å². The maximum Gasteiger partial charge on any atom is 0.269 e. The Morgan fingerprint density at radius 2 is 1.91 bits per heavy atom. The van der Waals surface area contributed by atoms with E-state index in [-0.39, 0.29) is 17.3 Å². The third-order valence-corrected chi connectivity index (χ3v) is 4.77. The Bertz CT molecular complexity index is 899. The lowest BCUT2D eigenvalue weighted by Crippen LogP contribution is -2.29. The molecule has 1 heterocycles. The van der Waals surface area contributed by atoms with Gasteiger partial charge in [-0.25, -0.2) is 4.39 Å². The number of anilines is 1. The largest absolute Gasteiger partial charge is 0.324 e. The average Bonchev–Trinajstić information content (AvgIpc) is 2.88. The Labute approximate surface area is 136 Å². The number of carbonyl (C=O) groups excluding carboxylic acids is 1. The number of amides is 1. The van der Waals surface area contributed by atoms with Gasteiger partial charge in [-0.1, -0.05) is 30.6 Å². The first-order valence-corrected chi connectivity index (χ1v) is 8.04. The molecule has 0 aliphatic rings. The molecule has 0 spiro atoms. The standard InChI is InChI=1S/C17H15FN2O2S/c1-2-14(16(21)19-12-9-7-11(18)8-10-12)20-17(22)13-5-3-4-6-15(13)23-20/h3-10,14H,2H2,1H3,(H,19,21)/t14-/m0/s1. The van der Waals surface area contributed by atoms with Gasteiger partial charge >= 0.3 is 0 Å². The van der Waals surface area contributed by atoms with E-state index >= 15 is 0 Å². The molecule has 0 aliphatic heterocycles. The predicted molar refractivity (Wildman–Crippen MR) is 90.4 cm³/mol. The molecular weight excluding hydrogens is 315 g/mol. The van der Waals surface area contributed by atoms with Gasteiger partial charge in [-0.2, -0.15) is 0 Å². The van der Waals surface area contributed by atoms with E-state index in [9.17, 15) is 14.0 Å². The highest BCUT2D eigenvalue weighted by molar-refractivity contribution is 7.14. The van der Waals surface area contributed by atoms with Crippen LogP contribution in [0.25, 0.3) is 10.1 Å². The topological polar surface area (TPSA) is 51.1 Å². The van der Waals surface area contributed by atoms with Crippen molar-refractivity contribution in [1.82, 2.24) is 3.96 Å². The van der Waals surface area contributed by atoms with E-state index in [1.807, 2.05) is 19.1 Å². The van der Waals surface area contributed by atoms with Crippen molar-refractivity contribution in [2.45, 2.75) is 19.4 Å². The number of nitrogens with zero attached hydrogens (tertiary/aromatic N) is 1. The Morgan fingerprint density at radius 1 is 1.22 bits per heavy atom. The third-order valence-electron chi connectivity index (χ3n) is 3.60. The molecule has 0 radical (unpaired) electrons. The molecule has 0 aliphatic carbocycles. The molecule has 1 atom stereocenters. The van der Waals surface area contributed by atoms with Crippen LogP contribution in [0, 0.1) is 5.82 Å². The summed E-state index contributed by atoms with van der Waals surface area (Å²) in [5.74, 6) is -0.650. The average molecular weight is 330 g/mol. The molecule has 4 nitrogen and oxygen atoms in total. The summed E-state index contributed by atoms with van der Waals surface area (Å²) in [6.45, 7) is 1.85. The number of aromatic nitrogens is 1. The number of halogens is 1. The highest BCUT2D eigenvalue weighted by atomic mass is 32.1. The summed E-state index contributed by atoms with van der Waals surface area (Å²) < 4.78 is 15.3. The maximum absolute atomic E-state index is 12.9. The van der Waals surface area contributed by atoms with Crippen LogP contribution in [0.2, 0.25) is 0 Å². The molecule has 3 aromatic rings. The first-order valence-electron chi connectivity index (χ1n) is 7.27. The molecule has 118 valence electrons.